The van der Waals surface area contributed by atoms with Crippen LogP contribution in [0.15, 0.2) is 71.3 Å². The maximum Gasteiger partial charge on any atom is 0.224 e. The molecule has 0 atom stereocenters. The quantitative estimate of drug-likeness (QED) is 0.474. The number of hydrogen-bond donors (Lipinski definition) is 1. The Morgan fingerprint density at radius 3 is 2.79 bits per heavy atom. The molecule has 1 N–H and O–H groups in total. The zero-order valence-corrected chi connectivity index (χ0v) is 16.2. The first-order valence-electron chi connectivity index (χ1n) is 9.83. The van der Waals surface area contributed by atoms with Crippen LogP contribution in [-0.2, 0) is 24.3 Å². The van der Waals surface area contributed by atoms with E-state index in [0.29, 0.717) is 6.54 Å². The molecule has 0 saturated heterocycles. The highest BCUT2D eigenvalue weighted by Crippen LogP contribution is 2.30. The molecule has 0 aliphatic rings. The second-order valence-electron chi connectivity index (χ2n) is 7.14. The number of benzene rings is 3. The van der Waals surface area contributed by atoms with E-state index in [4.69, 9.17) is 4.42 Å². The van der Waals surface area contributed by atoms with Crippen molar-refractivity contribution < 1.29 is 9.21 Å². The smallest absolute Gasteiger partial charge is 0.224 e. The summed E-state index contributed by atoms with van der Waals surface area (Å²) in [6, 6.07) is 20.2. The van der Waals surface area contributed by atoms with Crippen molar-refractivity contribution in [3.63, 3.8) is 0 Å². The number of carbonyl (C=O) groups excluding carboxylic acids is 1. The summed E-state index contributed by atoms with van der Waals surface area (Å²) in [6.45, 7) is 3.30. The Labute approximate surface area is 168 Å². The number of imidazole rings is 1. The number of nitrogens with zero attached hydrogens (tertiary/aromatic N) is 2. The van der Waals surface area contributed by atoms with Gasteiger partial charge in [-0.1, -0.05) is 42.5 Å². The van der Waals surface area contributed by atoms with Gasteiger partial charge < -0.3 is 14.3 Å². The van der Waals surface area contributed by atoms with Gasteiger partial charge in [0.05, 0.1) is 30.3 Å². The largest absolute Gasteiger partial charge is 0.464 e. The fraction of sp³-hybridized carbons (Fsp3) is 0.167. The van der Waals surface area contributed by atoms with Crippen LogP contribution in [0, 0.1) is 0 Å². The first-order chi connectivity index (χ1) is 14.2. The third-order valence-electron chi connectivity index (χ3n) is 5.38. The molecule has 5 rings (SSSR count). The lowest BCUT2D eigenvalue weighted by molar-refractivity contribution is -0.120. The number of hydrogen-bond acceptors (Lipinski definition) is 3. The summed E-state index contributed by atoms with van der Waals surface area (Å²) in [7, 11) is 0. The van der Waals surface area contributed by atoms with Crippen LogP contribution in [0.25, 0.3) is 32.8 Å². The maximum absolute atomic E-state index is 12.7. The van der Waals surface area contributed by atoms with Gasteiger partial charge in [-0.05, 0) is 35.9 Å². The standard InChI is InChI=1S/C24H21N3O2/c1-2-27-20-10-6-5-9-19(20)26-22(27)14-25-23(28)13-17-15-29-21-12-11-16-7-3-4-8-18(16)24(17)21/h3-12,15H,2,13-14H2,1H3,(H,25,28). The van der Waals surface area contributed by atoms with E-state index in [1.54, 1.807) is 6.26 Å². The lowest BCUT2D eigenvalue weighted by Gasteiger charge is -2.08. The van der Waals surface area contributed by atoms with Crippen molar-refractivity contribution in [3.8, 4) is 0 Å². The van der Waals surface area contributed by atoms with Crippen molar-refractivity contribution in [1.82, 2.24) is 14.9 Å². The van der Waals surface area contributed by atoms with Gasteiger partial charge in [-0.3, -0.25) is 4.79 Å². The van der Waals surface area contributed by atoms with Crippen LogP contribution in [0.2, 0.25) is 0 Å². The number of nitrogens with one attached hydrogen (secondary N) is 1. The van der Waals surface area contributed by atoms with Crippen molar-refractivity contribution >= 4 is 38.7 Å². The minimum absolute atomic E-state index is 0.0460. The summed E-state index contributed by atoms with van der Waals surface area (Å²) >= 11 is 0. The summed E-state index contributed by atoms with van der Waals surface area (Å²) in [5, 5.41) is 6.28. The van der Waals surface area contributed by atoms with Gasteiger partial charge in [0.25, 0.3) is 0 Å². The number of fused-ring (bicyclic) bond motifs is 4. The normalized spacial score (nSPS) is 11.5. The van der Waals surface area contributed by atoms with Crippen molar-refractivity contribution in [2.45, 2.75) is 26.4 Å². The van der Waals surface area contributed by atoms with Crippen LogP contribution in [0.3, 0.4) is 0 Å². The Bertz CT molecular complexity index is 1350. The third kappa shape index (κ3) is 3.05. The predicted molar refractivity (Wildman–Crippen MR) is 115 cm³/mol. The van der Waals surface area contributed by atoms with Crippen molar-refractivity contribution in [3.05, 3.63) is 78.3 Å². The molecule has 3 aromatic carbocycles. The summed E-state index contributed by atoms with van der Waals surface area (Å²) in [5.74, 6) is 0.819. The Morgan fingerprint density at radius 2 is 1.90 bits per heavy atom. The summed E-state index contributed by atoms with van der Waals surface area (Å²) in [6.07, 6.45) is 1.96. The second-order valence-corrected chi connectivity index (χ2v) is 7.14. The molecule has 2 aromatic heterocycles. The molecule has 5 nitrogen and oxygen atoms in total. The topological polar surface area (TPSA) is 60.1 Å². The maximum atomic E-state index is 12.7. The Hall–Kier alpha value is -3.60. The zero-order valence-electron chi connectivity index (χ0n) is 16.2. The van der Waals surface area contributed by atoms with E-state index in [1.165, 1.54) is 0 Å². The molecule has 144 valence electrons. The highest BCUT2D eigenvalue weighted by molar-refractivity contribution is 6.08. The fourth-order valence-corrected chi connectivity index (χ4v) is 4.03. The highest BCUT2D eigenvalue weighted by atomic mass is 16.3. The van der Waals surface area contributed by atoms with Crippen LogP contribution in [0.4, 0.5) is 0 Å². The SMILES string of the molecule is CCn1c(CNC(=O)Cc2coc3ccc4ccccc4c23)nc2ccccc21. The lowest BCUT2D eigenvalue weighted by Crippen LogP contribution is -2.26. The van der Waals surface area contributed by atoms with E-state index in [1.807, 2.05) is 42.5 Å². The minimum Gasteiger partial charge on any atom is -0.464 e. The zero-order chi connectivity index (χ0) is 19.8. The van der Waals surface area contributed by atoms with E-state index in [-0.39, 0.29) is 12.3 Å². The van der Waals surface area contributed by atoms with Crippen molar-refractivity contribution in [2.75, 3.05) is 0 Å². The number of aryl methyl sites for hydroxylation is 1. The first-order valence-corrected chi connectivity index (χ1v) is 9.83. The summed E-state index contributed by atoms with van der Waals surface area (Å²) in [5.41, 5.74) is 3.75. The molecular weight excluding hydrogens is 362 g/mol. The monoisotopic (exact) mass is 383 g/mol. The lowest BCUT2D eigenvalue weighted by atomic mass is 10.0. The van der Waals surface area contributed by atoms with Gasteiger partial charge in [0.1, 0.15) is 11.4 Å². The predicted octanol–water partition coefficient (Wildman–Crippen LogP) is 4.81. The molecule has 0 spiro atoms. The number of carbonyl (C=O) groups is 1. The molecule has 0 aliphatic heterocycles. The van der Waals surface area contributed by atoms with E-state index in [0.717, 1.165) is 50.7 Å². The molecule has 0 radical (unpaired) electrons. The van der Waals surface area contributed by atoms with Crippen LogP contribution in [-0.4, -0.2) is 15.5 Å². The number of para-hydroxylation sites is 2. The molecule has 0 aliphatic carbocycles. The van der Waals surface area contributed by atoms with Gasteiger partial charge in [0.15, 0.2) is 0 Å². The molecule has 0 unspecified atom stereocenters. The Balaban J connectivity index is 1.39. The van der Waals surface area contributed by atoms with E-state index in [2.05, 4.69) is 40.0 Å². The van der Waals surface area contributed by atoms with Crippen molar-refractivity contribution in [1.29, 1.82) is 0 Å². The van der Waals surface area contributed by atoms with Crippen molar-refractivity contribution in [2.24, 2.45) is 0 Å². The Morgan fingerprint density at radius 1 is 1.07 bits per heavy atom. The van der Waals surface area contributed by atoms with Crippen LogP contribution in [0.1, 0.15) is 18.3 Å². The minimum atomic E-state index is -0.0460. The molecule has 5 aromatic rings. The van der Waals surface area contributed by atoms with Gasteiger partial charge >= 0.3 is 0 Å². The average molecular weight is 383 g/mol. The van der Waals surface area contributed by atoms with Crippen LogP contribution in [0.5, 0.6) is 0 Å². The molecule has 29 heavy (non-hydrogen) atoms. The number of aromatic nitrogens is 2. The highest BCUT2D eigenvalue weighted by Gasteiger charge is 2.14. The van der Waals surface area contributed by atoms with Gasteiger partial charge in [0, 0.05) is 17.5 Å². The molecule has 0 bridgehead atoms. The third-order valence-corrected chi connectivity index (χ3v) is 5.38. The van der Waals surface area contributed by atoms with Gasteiger partial charge in [-0.15, -0.1) is 0 Å². The van der Waals surface area contributed by atoms with Gasteiger partial charge in [-0.25, -0.2) is 4.98 Å². The average Bonchev–Trinajstić information content (AvgIpc) is 3.33. The van der Waals surface area contributed by atoms with Gasteiger partial charge in [-0.2, -0.15) is 0 Å². The summed E-state index contributed by atoms with van der Waals surface area (Å²) in [4.78, 5) is 17.4. The molecule has 1 amide bonds. The Kier molecular flexibility index (Phi) is 4.28. The fourth-order valence-electron chi connectivity index (χ4n) is 4.03. The molecule has 5 heteroatoms. The number of amides is 1. The molecule has 0 saturated carbocycles. The van der Waals surface area contributed by atoms with E-state index >= 15 is 0 Å². The molecule has 0 fully saturated rings. The van der Waals surface area contributed by atoms with Crippen LogP contribution < -0.4 is 5.32 Å². The number of furan rings is 1. The second kappa shape index (κ2) is 7.09. The molecular formula is C24H21N3O2. The molecule has 2 heterocycles. The van der Waals surface area contributed by atoms with E-state index in [9.17, 15) is 4.79 Å². The van der Waals surface area contributed by atoms with Crippen LogP contribution >= 0.6 is 0 Å². The first kappa shape index (κ1) is 17.5. The van der Waals surface area contributed by atoms with Gasteiger partial charge in [0.2, 0.25) is 5.91 Å². The summed E-state index contributed by atoms with van der Waals surface area (Å²) < 4.78 is 7.84. The van der Waals surface area contributed by atoms with E-state index < -0.39 is 0 Å². The number of rotatable bonds is 5.